The van der Waals surface area contributed by atoms with Crippen LogP contribution < -0.4 is 0 Å². The fourth-order valence-corrected chi connectivity index (χ4v) is 2.77. The second-order valence-electron chi connectivity index (χ2n) is 5.34. The molecule has 1 aliphatic rings. The maximum atomic E-state index is 10.8. The van der Waals surface area contributed by atoms with Crippen molar-refractivity contribution in [2.75, 3.05) is 0 Å². The standard InChI is InChI=1S/C16H22O3/c1-16(19-13-17,15-10-6-3-7-11-15)18-12-14-8-4-2-5-9-14/h2,4-5,8-9,13,15H,3,6-7,10-12H2,1H3. The van der Waals surface area contributed by atoms with Crippen molar-refractivity contribution in [2.24, 2.45) is 5.92 Å². The molecule has 0 spiro atoms. The predicted octanol–water partition coefficient (Wildman–Crippen LogP) is 3.67. The highest BCUT2D eigenvalue weighted by molar-refractivity contribution is 5.38. The third kappa shape index (κ3) is 3.80. The molecular formula is C16H22O3. The van der Waals surface area contributed by atoms with Gasteiger partial charge < -0.3 is 9.47 Å². The van der Waals surface area contributed by atoms with Crippen LogP contribution in [0.4, 0.5) is 0 Å². The quantitative estimate of drug-likeness (QED) is 0.579. The molecule has 0 amide bonds. The first-order valence-electron chi connectivity index (χ1n) is 7.04. The van der Waals surface area contributed by atoms with Crippen LogP contribution in [0.1, 0.15) is 44.6 Å². The predicted molar refractivity (Wildman–Crippen MR) is 73.4 cm³/mol. The van der Waals surface area contributed by atoms with E-state index < -0.39 is 5.79 Å². The van der Waals surface area contributed by atoms with Crippen molar-refractivity contribution in [3.63, 3.8) is 0 Å². The second kappa shape index (κ2) is 6.71. The summed E-state index contributed by atoms with van der Waals surface area (Å²) in [5.74, 6) is -0.493. The molecule has 1 fully saturated rings. The summed E-state index contributed by atoms with van der Waals surface area (Å²) in [6, 6.07) is 9.98. The summed E-state index contributed by atoms with van der Waals surface area (Å²) >= 11 is 0. The number of carbonyl (C=O) groups excluding carboxylic acids is 1. The van der Waals surface area contributed by atoms with E-state index in [-0.39, 0.29) is 0 Å². The number of hydrogen-bond donors (Lipinski definition) is 0. The van der Waals surface area contributed by atoms with Gasteiger partial charge in [0, 0.05) is 12.8 Å². The molecule has 0 aromatic heterocycles. The number of carbonyl (C=O) groups is 1. The zero-order valence-electron chi connectivity index (χ0n) is 11.5. The zero-order valence-corrected chi connectivity index (χ0v) is 11.5. The van der Waals surface area contributed by atoms with E-state index in [1.165, 1.54) is 19.3 Å². The molecule has 0 heterocycles. The van der Waals surface area contributed by atoms with Crippen LogP contribution in [-0.2, 0) is 20.9 Å². The Morgan fingerprint density at radius 2 is 1.89 bits per heavy atom. The van der Waals surface area contributed by atoms with Gasteiger partial charge in [0.25, 0.3) is 6.47 Å². The molecule has 0 saturated heterocycles. The van der Waals surface area contributed by atoms with E-state index in [0.717, 1.165) is 18.4 Å². The van der Waals surface area contributed by atoms with Crippen molar-refractivity contribution < 1.29 is 14.3 Å². The second-order valence-corrected chi connectivity index (χ2v) is 5.34. The lowest BCUT2D eigenvalue weighted by molar-refractivity contribution is -0.247. The van der Waals surface area contributed by atoms with Crippen LogP contribution in [0.15, 0.2) is 30.3 Å². The Bertz CT molecular complexity index is 384. The fraction of sp³-hybridized carbons (Fsp3) is 0.562. The topological polar surface area (TPSA) is 35.5 Å². The molecule has 3 nitrogen and oxygen atoms in total. The van der Waals surface area contributed by atoms with E-state index in [9.17, 15) is 4.79 Å². The Kier molecular flexibility index (Phi) is 4.97. The summed E-state index contributed by atoms with van der Waals surface area (Å²) in [5.41, 5.74) is 1.10. The third-order valence-corrected chi connectivity index (χ3v) is 4.00. The molecule has 1 saturated carbocycles. The number of rotatable bonds is 6. The lowest BCUT2D eigenvalue weighted by Gasteiger charge is -2.37. The van der Waals surface area contributed by atoms with Gasteiger partial charge in [0.2, 0.25) is 5.79 Å². The summed E-state index contributed by atoms with van der Waals surface area (Å²) in [4.78, 5) is 10.8. The molecule has 19 heavy (non-hydrogen) atoms. The van der Waals surface area contributed by atoms with Crippen LogP contribution in [0.3, 0.4) is 0 Å². The van der Waals surface area contributed by atoms with Crippen molar-refractivity contribution in [1.82, 2.24) is 0 Å². The summed E-state index contributed by atoms with van der Waals surface area (Å²) in [5, 5.41) is 0. The Labute approximate surface area is 114 Å². The zero-order chi connectivity index (χ0) is 13.6. The summed E-state index contributed by atoms with van der Waals surface area (Å²) < 4.78 is 11.2. The minimum atomic E-state index is -0.794. The van der Waals surface area contributed by atoms with E-state index in [0.29, 0.717) is 19.0 Å². The smallest absolute Gasteiger partial charge is 0.295 e. The highest BCUT2D eigenvalue weighted by atomic mass is 16.7. The van der Waals surface area contributed by atoms with E-state index >= 15 is 0 Å². The van der Waals surface area contributed by atoms with Gasteiger partial charge in [-0.05, 0) is 18.4 Å². The van der Waals surface area contributed by atoms with Gasteiger partial charge >= 0.3 is 0 Å². The molecule has 104 valence electrons. The Morgan fingerprint density at radius 1 is 1.21 bits per heavy atom. The minimum Gasteiger partial charge on any atom is -0.435 e. The van der Waals surface area contributed by atoms with E-state index in [1.807, 2.05) is 37.3 Å². The summed E-state index contributed by atoms with van der Waals surface area (Å²) in [6.45, 7) is 2.88. The van der Waals surface area contributed by atoms with Crippen LogP contribution in [0.25, 0.3) is 0 Å². The Morgan fingerprint density at radius 3 is 2.53 bits per heavy atom. The monoisotopic (exact) mass is 262 g/mol. The lowest BCUT2D eigenvalue weighted by Crippen LogP contribution is -2.41. The molecule has 2 rings (SSSR count). The number of benzene rings is 1. The first-order chi connectivity index (χ1) is 9.24. The van der Waals surface area contributed by atoms with Gasteiger partial charge in [-0.1, -0.05) is 49.6 Å². The maximum absolute atomic E-state index is 10.8. The fourth-order valence-electron chi connectivity index (χ4n) is 2.77. The van der Waals surface area contributed by atoms with Crippen molar-refractivity contribution in [2.45, 2.75) is 51.4 Å². The molecule has 1 atom stereocenters. The minimum absolute atomic E-state index is 0.301. The largest absolute Gasteiger partial charge is 0.435 e. The molecule has 0 N–H and O–H groups in total. The Hall–Kier alpha value is -1.35. The molecule has 1 aromatic rings. The Balaban J connectivity index is 1.99. The van der Waals surface area contributed by atoms with Gasteiger partial charge in [-0.25, -0.2) is 0 Å². The molecule has 1 aromatic carbocycles. The molecular weight excluding hydrogens is 240 g/mol. The normalized spacial score (nSPS) is 19.6. The van der Waals surface area contributed by atoms with Crippen LogP contribution in [-0.4, -0.2) is 12.3 Å². The van der Waals surface area contributed by atoms with Gasteiger partial charge in [-0.15, -0.1) is 0 Å². The summed E-state index contributed by atoms with van der Waals surface area (Å²) in [7, 11) is 0. The van der Waals surface area contributed by atoms with Gasteiger partial charge in [-0.2, -0.15) is 0 Å². The van der Waals surface area contributed by atoms with Gasteiger partial charge in [0.15, 0.2) is 0 Å². The molecule has 0 bridgehead atoms. The molecule has 0 aliphatic heterocycles. The van der Waals surface area contributed by atoms with Gasteiger partial charge in [0.05, 0.1) is 6.61 Å². The van der Waals surface area contributed by atoms with Crippen molar-refractivity contribution in [3.8, 4) is 0 Å². The van der Waals surface area contributed by atoms with E-state index in [2.05, 4.69) is 0 Å². The lowest BCUT2D eigenvalue weighted by atomic mass is 9.83. The van der Waals surface area contributed by atoms with Crippen LogP contribution in [0.5, 0.6) is 0 Å². The number of ether oxygens (including phenoxy) is 2. The van der Waals surface area contributed by atoms with Crippen molar-refractivity contribution >= 4 is 6.47 Å². The SMILES string of the molecule is CC(OC=O)(OCc1ccccc1)C1CCCCC1. The molecule has 1 aliphatic carbocycles. The van der Waals surface area contributed by atoms with Gasteiger partial charge in [-0.3, -0.25) is 4.79 Å². The maximum Gasteiger partial charge on any atom is 0.295 e. The van der Waals surface area contributed by atoms with Crippen LogP contribution in [0, 0.1) is 5.92 Å². The average molecular weight is 262 g/mol. The average Bonchev–Trinajstić information content (AvgIpc) is 2.48. The van der Waals surface area contributed by atoms with Crippen LogP contribution in [0.2, 0.25) is 0 Å². The molecule has 0 radical (unpaired) electrons. The van der Waals surface area contributed by atoms with Gasteiger partial charge in [0.1, 0.15) is 0 Å². The third-order valence-electron chi connectivity index (χ3n) is 4.00. The van der Waals surface area contributed by atoms with E-state index in [4.69, 9.17) is 9.47 Å². The van der Waals surface area contributed by atoms with E-state index in [1.54, 1.807) is 0 Å². The molecule has 3 heteroatoms. The molecule has 1 unspecified atom stereocenters. The van der Waals surface area contributed by atoms with Crippen molar-refractivity contribution in [1.29, 1.82) is 0 Å². The number of hydrogen-bond acceptors (Lipinski definition) is 3. The van der Waals surface area contributed by atoms with Crippen molar-refractivity contribution in [3.05, 3.63) is 35.9 Å². The van der Waals surface area contributed by atoms with Crippen LogP contribution >= 0.6 is 0 Å². The summed E-state index contributed by atoms with van der Waals surface area (Å²) in [6.07, 6.45) is 5.79. The highest BCUT2D eigenvalue weighted by Gasteiger charge is 2.37. The first-order valence-corrected chi connectivity index (χ1v) is 7.04. The highest BCUT2D eigenvalue weighted by Crippen LogP contribution is 2.36. The first kappa shape index (κ1) is 14.1.